The van der Waals surface area contributed by atoms with Gasteiger partial charge in [0.25, 0.3) is 0 Å². The van der Waals surface area contributed by atoms with Crippen molar-refractivity contribution in [1.82, 2.24) is 9.97 Å². The van der Waals surface area contributed by atoms with Gasteiger partial charge in [0.15, 0.2) is 5.78 Å². The van der Waals surface area contributed by atoms with Gasteiger partial charge in [-0.1, -0.05) is 0 Å². The molecule has 1 saturated carbocycles. The van der Waals surface area contributed by atoms with Gasteiger partial charge in [-0.25, -0.2) is 9.97 Å². The van der Waals surface area contributed by atoms with E-state index in [4.69, 9.17) is 0 Å². The topological polar surface area (TPSA) is 42.9 Å². The maximum atomic E-state index is 11.6. The summed E-state index contributed by atoms with van der Waals surface area (Å²) in [7, 11) is 0. The van der Waals surface area contributed by atoms with E-state index >= 15 is 0 Å². The number of nitrogens with zero attached hydrogens (tertiary/aromatic N) is 2. The number of rotatable bonds is 2. The normalized spacial score (nSPS) is 20.1. The zero-order valence-corrected chi connectivity index (χ0v) is 8.70. The molecule has 1 aromatic rings. The maximum Gasteiger partial charge on any atom is 0.166 e. The Morgan fingerprint density at radius 1 is 1.33 bits per heavy atom. The predicted molar refractivity (Wildman–Crippen MR) is 55.7 cm³/mol. The van der Waals surface area contributed by atoms with E-state index < -0.39 is 0 Å². The van der Waals surface area contributed by atoms with Crippen LogP contribution in [0.1, 0.15) is 47.6 Å². The van der Waals surface area contributed by atoms with E-state index in [9.17, 15) is 4.79 Å². The van der Waals surface area contributed by atoms with Crippen LogP contribution in [0.3, 0.4) is 0 Å². The Kier molecular flexibility index (Phi) is 2.04. The van der Waals surface area contributed by atoms with Crippen molar-refractivity contribution in [3.05, 3.63) is 23.3 Å². The molecule has 0 unspecified atom stereocenters. The summed E-state index contributed by atoms with van der Waals surface area (Å²) in [6.07, 6.45) is 7.94. The monoisotopic (exact) mass is 202 g/mol. The molecule has 0 radical (unpaired) electrons. The third-order valence-corrected chi connectivity index (χ3v) is 3.20. The van der Waals surface area contributed by atoms with Gasteiger partial charge in [0.05, 0.1) is 11.3 Å². The SMILES string of the molecule is O=C1CCCc2nc(CC3CC3)ncc21. The van der Waals surface area contributed by atoms with Crippen molar-refractivity contribution in [2.24, 2.45) is 5.92 Å². The van der Waals surface area contributed by atoms with Crippen LogP contribution in [0, 0.1) is 5.92 Å². The molecule has 0 aromatic carbocycles. The highest BCUT2D eigenvalue weighted by Crippen LogP contribution is 2.32. The van der Waals surface area contributed by atoms with Crippen LogP contribution in [0.2, 0.25) is 0 Å². The molecule has 3 heteroatoms. The highest BCUT2D eigenvalue weighted by atomic mass is 16.1. The Morgan fingerprint density at radius 3 is 3.00 bits per heavy atom. The Bertz CT molecular complexity index is 410. The van der Waals surface area contributed by atoms with Crippen LogP contribution in [0.4, 0.5) is 0 Å². The average Bonchev–Trinajstić information content (AvgIpc) is 3.02. The minimum atomic E-state index is 0.217. The molecule has 0 atom stereocenters. The minimum Gasteiger partial charge on any atom is -0.294 e. The van der Waals surface area contributed by atoms with Crippen LogP contribution in [0.5, 0.6) is 0 Å². The second kappa shape index (κ2) is 3.40. The van der Waals surface area contributed by atoms with Gasteiger partial charge in [-0.05, 0) is 31.6 Å². The number of fused-ring (bicyclic) bond motifs is 1. The lowest BCUT2D eigenvalue weighted by molar-refractivity contribution is 0.0971. The largest absolute Gasteiger partial charge is 0.294 e. The highest BCUT2D eigenvalue weighted by Gasteiger charge is 2.24. The highest BCUT2D eigenvalue weighted by molar-refractivity contribution is 5.97. The molecule has 0 saturated heterocycles. The molecule has 3 rings (SSSR count). The number of carbonyl (C=O) groups excluding carboxylic acids is 1. The summed E-state index contributed by atoms with van der Waals surface area (Å²) >= 11 is 0. The first kappa shape index (κ1) is 9.01. The van der Waals surface area contributed by atoms with Gasteiger partial charge in [0.2, 0.25) is 0 Å². The standard InChI is InChI=1S/C12H14N2O/c15-11-3-1-2-10-9(11)7-13-12(14-10)6-8-4-5-8/h7-8H,1-6H2. The summed E-state index contributed by atoms with van der Waals surface area (Å²) in [5, 5.41) is 0. The number of carbonyl (C=O) groups is 1. The van der Waals surface area contributed by atoms with Gasteiger partial charge in [0, 0.05) is 19.0 Å². The van der Waals surface area contributed by atoms with E-state index in [1.54, 1.807) is 6.20 Å². The number of ketones is 1. The number of Topliss-reactive ketones (excluding diaryl/α,β-unsaturated/α-hetero) is 1. The molecule has 0 amide bonds. The first-order valence-corrected chi connectivity index (χ1v) is 5.71. The Balaban J connectivity index is 1.90. The molecule has 0 bridgehead atoms. The second-order valence-corrected chi connectivity index (χ2v) is 4.57. The summed E-state index contributed by atoms with van der Waals surface area (Å²) < 4.78 is 0. The van der Waals surface area contributed by atoms with Crippen LogP contribution in [-0.4, -0.2) is 15.8 Å². The van der Waals surface area contributed by atoms with Crippen molar-refractivity contribution < 1.29 is 4.79 Å². The number of hydrogen-bond donors (Lipinski definition) is 0. The number of hydrogen-bond acceptors (Lipinski definition) is 3. The molecular weight excluding hydrogens is 188 g/mol. The smallest absolute Gasteiger partial charge is 0.166 e. The van der Waals surface area contributed by atoms with E-state index in [0.29, 0.717) is 6.42 Å². The molecular formula is C12H14N2O. The van der Waals surface area contributed by atoms with Crippen LogP contribution >= 0.6 is 0 Å². The zero-order chi connectivity index (χ0) is 10.3. The first-order chi connectivity index (χ1) is 7.33. The Hall–Kier alpha value is -1.25. The summed E-state index contributed by atoms with van der Waals surface area (Å²) in [6.45, 7) is 0. The molecule has 0 spiro atoms. The molecule has 15 heavy (non-hydrogen) atoms. The van der Waals surface area contributed by atoms with E-state index in [2.05, 4.69) is 9.97 Å². The summed E-state index contributed by atoms with van der Waals surface area (Å²) in [5.74, 6) is 1.96. The van der Waals surface area contributed by atoms with Crippen molar-refractivity contribution in [3.63, 3.8) is 0 Å². The van der Waals surface area contributed by atoms with Crippen LogP contribution < -0.4 is 0 Å². The van der Waals surface area contributed by atoms with Gasteiger partial charge in [-0.15, -0.1) is 0 Å². The fourth-order valence-electron chi connectivity index (χ4n) is 2.11. The zero-order valence-electron chi connectivity index (χ0n) is 8.70. The molecule has 0 N–H and O–H groups in total. The van der Waals surface area contributed by atoms with Crippen LogP contribution in [0.25, 0.3) is 0 Å². The van der Waals surface area contributed by atoms with Crippen molar-refractivity contribution in [2.45, 2.75) is 38.5 Å². The first-order valence-electron chi connectivity index (χ1n) is 5.71. The van der Waals surface area contributed by atoms with Crippen LogP contribution in [-0.2, 0) is 12.8 Å². The molecule has 78 valence electrons. The molecule has 3 nitrogen and oxygen atoms in total. The van der Waals surface area contributed by atoms with Gasteiger partial charge in [-0.2, -0.15) is 0 Å². The van der Waals surface area contributed by atoms with Crippen molar-refractivity contribution >= 4 is 5.78 Å². The Morgan fingerprint density at radius 2 is 2.20 bits per heavy atom. The maximum absolute atomic E-state index is 11.6. The Labute approximate surface area is 88.9 Å². The fourth-order valence-corrected chi connectivity index (χ4v) is 2.11. The van der Waals surface area contributed by atoms with Crippen molar-refractivity contribution in [1.29, 1.82) is 0 Å². The summed E-state index contributed by atoms with van der Waals surface area (Å²) in [4.78, 5) is 20.4. The number of aryl methyl sites for hydroxylation is 1. The fraction of sp³-hybridized carbons (Fsp3) is 0.583. The third kappa shape index (κ3) is 1.78. The van der Waals surface area contributed by atoms with E-state index in [0.717, 1.165) is 42.3 Å². The third-order valence-electron chi connectivity index (χ3n) is 3.20. The molecule has 1 aromatic heterocycles. The predicted octanol–water partition coefficient (Wildman–Crippen LogP) is 1.95. The molecule has 2 aliphatic carbocycles. The molecule has 0 aliphatic heterocycles. The molecule has 1 heterocycles. The lowest BCUT2D eigenvalue weighted by atomic mass is 9.96. The summed E-state index contributed by atoms with van der Waals surface area (Å²) in [5.41, 5.74) is 1.75. The summed E-state index contributed by atoms with van der Waals surface area (Å²) in [6, 6.07) is 0. The van der Waals surface area contributed by atoms with E-state index in [1.807, 2.05) is 0 Å². The van der Waals surface area contributed by atoms with E-state index in [-0.39, 0.29) is 5.78 Å². The minimum absolute atomic E-state index is 0.217. The molecule has 1 fully saturated rings. The van der Waals surface area contributed by atoms with Gasteiger partial charge >= 0.3 is 0 Å². The van der Waals surface area contributed by atoms with Gasteiger partial charge in [-0.3, -0.25) is 4.79 Å². The van der Waals surface area contributed by atoms with Gasteiger partial charge in [0.1, 0.15) is 5.82 Å². The van der Waals surface area contributed by atoms with Crippen molar-refractivity contribution in [3.8, 4) is 0 Å². The molecule has 2 aliphatic rings. The van der Waals surface area contributed by atoms with E-state index in [1.165, 1.54) is 12.8 Å². The lowest BCUT2D eigenvalue weighted by Crippen LogP contribution is -2.15. The van der Waals surface area contributed by atoms with Gasteiger partial charge < -0.3 is 0 Å². The quantitative estimate of drug-likeness (QED) is 0.736. The number of aromatic nitrogens is 2. The second-order valence-electron chi connectivity index (χ2n) is 4.57. The average molecular weight is 202 g/mol. The van der Waals surface area contributed by atoms with Crippen molar-refractivity contribution in [2.75, 3.05) is 0 Å². The lowest BCUT2D eigenvalue weighted by Gasteiger charge is -2.13. The van der Waals surface area contributed by atoms with Crippen LogP contribution in [0.15, 0.2) is 6.20 Å².